The van der Waals surface area contributed by atoms with Crippen LogP contribution in [0, 0.1) is 17.7 Å². The summed E-state index contributed by atoms with van der Waals surface area (Å²) in [6, 6.07) is 5.14. The van der Waals surface area contributed by atoms with E-state index in [2.05, 4.69) is 28.7 Å². The highest BCUT2D eigenvalue weighted by molar-refractivity contribution is 5.37. The summed E-state index contributed by atoms with van der Waals surface area (Å²) in [5.41, 5.74) is 1.39. The summed E-state index contributed by atoms with van der Waals surface area (Å²) in [7, 11) is 2.11. The minimum atomic E-state index is -0.195. The second kappa shape index (κ2) is 7.39. The van der Waals surface area contributed by atoms with Crippen LogP contribution in [0.3, 0.4) is 0 Å². The van der Waals surface area contributed by atoms with Crippen molar-refractivity contribution in [3.05, 3.63) is 35.1 Å². The smallest absolute Gasteiger partial charge is 0.128 e. The fraction of sp³-hybridized carbons (Fsp3) is 0.500. The van der Waals surface area contributed by atoms with Crippen LogP contribution in [0.1, 0.15) is 17.5 Å². The van der Waals surface area contributed by atoms with Gasteiger partial charge < -0.3 is 10.0 Å². The highest BCUT2D eigenvalue weighted by atomic mass is 19.1. The zero-order valence-corrected chi connectivity index (χ0v) is 11.9. The lowest BCUT2D eigenvalue weighted by Gasteiger charge is -2.32. The molecule has 1 aromatic carbocycles. The van der Waals surface area contributed by atoms with Gasteiger partial charge in [-0.25, -0.2) is 4.39 Å². The van der Waals surface area contributed by atoms with Crippen LogP contribution >= 0.6 is 0 Å². The number of halogens is 1. The molecule has 4 heteroatoms. The van der Waals surface area contributed by atoms with Crippen LogP contribution in [-0.2, 0) is 6.54 Å². The van der Waals surface area contributed by atoms with Gasteiger partial charge in [0, 0.05) is 50.3 Å². The predicted octanol–water partition coefficient (Wildman–Crippen LogP) is 1.31. The van der Waals surface area contributed by atoms with Gasteiger partial charge >= 0.3 is 0 Å². The van der Waals surface area contributed by atoms with Crippen molar-refractivity contribution in [2.24, 2.45) is 0 Å². The molecule has 1 aliphatic rings. The number of aliphatic hydroxyl groups excluding tert-OH is 1. The molecule has 2 rings (SSSR count). The molecule has 1 aliphatic heterocycles. The summed E-state index contributed by atoms with van der Waals surface area (Å²) in [6.07, 6.45) is 0.421. The first-order valence-corrected chi connectivity index (χ1v) is 6.98. The highest BCUT2D eigenvalue weighted by Gasteiger charge is 2.15. The number of nitrogens with zero attached hydrogens (tertiary/aromatic N) is 2. The Morgan fingerprint density at radius 2 is 2.00 bits per heavy atom. The van der Waals surface area contributed by atoms with E-state index >= 15 is 0 Å². The van der Waals surface area contributed by atoms with E-state index < -0.39 is 0 Å². The molecule has 1 heterocycles. The van der Waals surface area contributed by atoms with E-state index in [0.29, 0.717) is 18.5 Å². The molecule has 0 saturated carbocycles. The molecule has 1 saturated heterocycles. The first-order chi connectivity index (χ1) is 9.69. The van der Waals surface area contributed by atoms with E-state index in [4.69, 9.17) is 5.11 Å². The zero-order chi connectivity index (χ0) is 14.4. The van der Waals surface area contributed by atoms with Crippen LogP contribution < -0.4 is 0 Å². The van der Waals surface area contributed by atoms with Gasteiger partial charge in [-0.1, -0.05) is 17.9 Å². The largest absolute Gasteiger partial charge is 0.395 e. The predicted molar refractivity (Wildman–Crippen MR) is 77.8 cm³/mol. The average molecular weight is 276 g/mol. The average Bonchev–Trinajstić information content (AvgIpc) is 2.44. The third-order valence-corrected chi connectivity index (χ3v) is 3.51. The molecular weight excluding hydrogens is 255 g/mol. The molecule has 20 heavy (non-hydrogen) atoms. The molecule has 1 fully saturated rings. The molecule has 0 spiro atoms. The maximum Gasteiger partial charge on any atom is 0.128 e. The molecule has 108 valence electrons. The molecule has 0 unspecified atom stereocenters. The van der Waals surface area contributed by atoms with E-state index in [1.54, 1.807) is 0 Å². The number of aliphatic hydroxyl groups is 1. The van der Waals surface area contributed by atoms with Gasteiger partial charge in [-0.05, 0) is 19.2 Å². The fourth-order valence-electron chi connectivity index (χ4n) is 2.22. The maximum absolute atomic E-state index is 14.0. The van der Waals surface area contributed by atoms with Crippen molar-refractivity contribution in [2.45, 2.75) is 13.0 Å². The van der Waals surface area contributed by atoms with Gasteiger partial charge in [0.1, 0.15) is 5.82 Å². The Balaban J connectivity index is 1.98. The van der Waals surface area contributed by atoms with E-state index in [-0.39, 0.29) is 12.4 Å². The van der Waals surface area contributed by atoms with Crippen molar-refractivity contribution in [3.8, 4) is 11.8 Å². The van der Waals surface area contributed by atoms with Crippen LogP contribution in [0.2, 0.25) is 0 Å². The Labute approximate surface area is 120 Å². The molecule has 1 N–H and O–H groups in total. The van der Waals surface area contributed by atoms with Crippen LogP contribution in [0.25, 0.3) is 0 Å². The molecule has 0 aliphatic carbocycles. The third kappa shape index (κ3) is 4.31. The van der Waals surface area contributed by atoms with Gasteiger partial charge in [0.2, 0.25) is 0 Å². The molecule has 0 radical (unpaired) electrons. The maximum atomic E-state index is 14.0. The van der Waals surface area contributed by atoms with Crippen molar-refractivity contribution >= 4 is 0 Å². The Morgan fingerprint density at radius 3 is 2.65 bits per heavy atom. The van der Waals surface area contributed by atoms with Gasteiger partial charge in [0.05, 0.1) is 6.61 Å². The zero-order valence-electron chi connectivity index (χ0n) is 11.9. The van der Waals surface area contributed by atoms with E-state index in [1.165, 1.54) is 6.07 Å². The van der Waals surface area contributed by atoms with Crippen LogP contribution in [0.4, 0.5) is 4.39 Å². The van der Waals surface area contributed by atoms with Gasteiger partial charge in [-0.3, -0.25) is 4.90 Å². The minimum Gasteiger partial charge on any atom is -0.395 e. The first kappa shape index (κ1) is 15.0. The highest BCUT2D eigenvalue weighted by Crippen LogP contribution is 2.13. The number of likely N-dealkylation sites (N-methyl/N-ethyl adjacent to an activating group) is 1. The van der Waals surface area contributed by atoms with Gasteiger partial charge in [0.15, 0.2) is 0 Å². The lowest BCUT2D eigenvalue weighted by molar-refractivity contribution is 0.147. The van der Waals surface area contributed by atoms with Crippen molar-refractivity contribution in [2.75, 3.05) is 39.8 Å². The molecule has 0 amide bonds. The summed E-state index contributed by atoms with van der Waals surface area (Å²) < 4.78 is 14.0. The Morgan fingerprint density at radius 1 is 1.25 bits per heavy atom. The minimum absolute atomic E-state index is 0.0387. The topological polar surface area (TPSA) is 26.7 Å². The van der Waals surface area contributed by atoms with E-state index in [1.807, 2.05) is 12.1 Å². The Bertz CT molecular complexity index is 499. The summed E-state index contributed by atoms with van der Waals surface area (Å²) >= 11 is 0. The van der Waals surface area contributed by atoms with E-state index in [9.17, 15) is 4.39 Å². The lowest BCUT2D eigenvalue weighted by atomic mass is 10.1. The van der Waals surface area contributed by atoms with Gasteiger partial charge in [-0.2, -0.15) is 0 Å². The molecule has 0 aromatic heterocycles. The Kier molecular flexibility index (Phi) is 5.54. The quantitative estimate of drug-likeness (QED) is 0.843. The van der Waals surface area contributed by atoms with Crippen molar-refractivity contribution < 1.29 is 9.50 Å². The normalized spacial score (nSPS) is 16.8. The third-order valence-electron chi connectivity index (χ3n) is 3.51. The van der Waals surface area contributed by atoms with Gasteiger partial charge in [-0.15, -0.1) is 0 Å². The van der Waals surface area contributed by atoms with Gasteiger partial charge in [0.25, 0.3) is 0 Å². The summed E-state index contributed by atoms with van der Waals surface area (Å²) in [5, 5.41) is 8.66. The second-order valence-corrected chi connectivity index (χ2v) is 5.16. The van der Waals surface area contributed by atoms with Crippen molar-refractivity contribution in [1.82, 2.24) is 9.80 Å². The van der Waals surface area contributed by atoms with E-state index in [0.717, 1.165) is 31.7 Å². The number of rotatable bonds is 3. The number of hydrogen-bond acceptors (Lipinski definition) is 3. The number of hydrogen-bond donors (Lipinski definition) is 1. The summed E-state index contributed by atoms with van der Waals surface area (Å²) in [4.78, 5) is 4.56. The molecule has 3 nitrogen and oxygen atoms in total. The SMILES string of the molecule is CN1CCN(Cc2ccc(C#CCCO)cc2F)CC1. The fourth-order valence-corrected chi connectivity index (χ4v) is 2.22. The molecule has 1 aromatic rings. The molecule has 0 bridgehead atoms. The summed E-state index contributed by atoms with van der Waals surface area (Å²) in [5.74, 6) is 5.46. The molecular formula is C16H21FN2O. The monoisotopic (exact) mass is 276 g/mol. The first-order valence-electron chi connectivity index (χ1n) is 6.98. The number of piperazine rings is 1. The van der Waals surface area contributed by atoms with Crippen molar-refractivity contribution in [1.29, 1.82) is 0 Å². The second-order valence-electron chi connectivity index (χ2n) is 5.16. The van der Waals surface area contributed by atoms with Crippen LogP contribution in [0.15, 0.2) is 18.2 Å². The lowest BCUT2D eigenvalue weighted by Crippen LogP contribution is -2.44. The summed E-state index contributed by atoms with van der Waals surface area (Å²) in [6.45, 7) is 4.72. The standard InChI is InChI=1S/C16H21FN2O/c1-18-7-9-19(10-8-18)13-15-6-5-14(12-16(15)17)4-2-3-11-20/h5-6,12,20H,3,7-11,13H2,1H3. The van der Waals surface area contributed by atoms with Crippen LogP contribution in [-0.4, -0.2) is 54.7 Å². The van der Waals surface area contributed by atoms with Crippen LogP contribution in [0.5, 0.6) is 0 Å². The van der Waals surface area contributed by atoms with Crippen molar-refractivity contribution in [3.63, 3.8) is 0 Å². The number of benzene rings is 1. The molecule has 0 atom stereocenters. The Hall–Kier alpha value is -1.41.